The summed E-state index contributed by atoms with van der Waals surface area (Å²) in [4.78, 5) is 3.71. The van der Waals surface area contributed by atoms with Crippen molar-refractivity contribution < 1.29 is 14.2 Å². The molecule has 0 aliphatic carbocycles. The van der Waals surface area contributed by atoms with E-state index in [1.807, 2.05) is 0 Å². The van der Waals surface area contributed by atoms with E-state index in [0.29, 0.717) is 0 Å². The van der Waals surface area contributed by atoms with Crippen LogP contribution in [0.2, 0.25) is 0 Å². The van der Waals surface area contributed by atoms with Gasteiger partial charge in [-0.25, -0.2) is 9.37 Å². The molecule has 0 amide bonds. The first-order valence-corrected chi connectivity index (χ1v) is 4.53. The number of halogens is 1. The van der Waals surface area contributed by atoms with Crippen molar-refractivity contribution in [2.45, 2.75) is 0 Å². The van der Waals surface area contributed by atoms with E-state index in [2.05, 4.69) is 4.98 Å². The van der Waals surface area contributed by atoms with Crippen molar-refractivity contribution in [3.63, 3.8) is 0 Å². The van der Waals surface area contributed by atoms with Gasteiger partial charge >= 0.3 is 0 Å². The first kappa shape index (κ1) is 10.2. The molecule has 1 aromatic carbocycles. The number of rotatable bonds is 2. The molecule has 16 heavy (non-hydrogen) atoms. The summed E-state index contributed by atoms with van der Waals surface area (Å²) in [5.41, 5.74) is 5.70. The maximum Gasteiger partial charge on any atom is 0.219 e. The third-order valence-corrected chi connectivity index (χ3v) is 1.96. The lowest BCUT2D eigenvalue weighted by molar-refractivity contribution is 0.447. The summed E-state index contributed by atoms with van der Waals surface area (Å²) >= 11 is 0. The number of hydrogen-bond acceptors (Lipinski definition) is 4. The van der Waals surface area contributed by atoms with E-state index in [4.69, 9.17) is 10.5 Å². The SMILES string of the molecule is Nc1c(O)cccc1Oc1ccc(F)cn1. The number of pyridine rings is 1. The molecule has 1 aromatic heterocycles. The summed E-state index contributed by atoms with van der Waals surface area (Å²) in [6.07, 6.45) is 1.04. The molecular formula is C11H9FN2O2. The Kier molecular flexibility index (Phi) is 2.59. The largest absolute Gasteiger partial charge is 0.506 e. The molecule has 0 fully saturated rings. The smallest absolute Gasteiger partial charge is 0.219 e. The number of para-hydroxylation sites is 1. The topological polar surface area (TPSA) is 68.4 Å². The zero-order chi connectivity index (χ0) is 11.5. The van der Waals surface area contributed by atoms with Gasteiger partial charge in [0.15, 0.2) is 5.75 Å². The monoisotopic (exact) mass is 220 g/mol. The summed E-state index contributed by atoms with van der Waals surface area (Å²) in [7, 11) is 0. The Morgan fingerprint density at radius 3 is 2.75 bits per heavy atom. The third-order valence-electron chi connectivity index (χ3n) is 1.96. The molecule has 5 heteroatoms. The lowest BCUT2D eigenvalue weighted by Crippen LogP contribution is -1.93. The van der Waals surface area contributed by atoms with Crippen molar-refractivity contribution in [1.82, 2.24) is 4.98 Å². The molecule has 0 unspecified atom stereocenters. The molecule has 2 rings (SSSR count). The van der Waals surface area contributed by atoms with Crippen molar-refractivity contribution >= 4 is 5.69 Å². The van der Waals surface area contributed by atoms with E-state index < -0.39 is 5.82 Å². The molecule has 0 saturated heterocycles. The number of hydrogen-bond donors (Lipinski definition) is 2. The van der Waals surface area contributed by atoms with Gasteiger partial charge in [-0.05, 0) is 18.2 Å². The van der Waals surface area contributed by atoms with Crippen LogP contribution in [-0.4, -0.2) is 10.1 Å². The normalized spacial score (nSPS) is 10.1. The van der Waals surface area contributed by atoms with Crippen molar-refractivity contribution in [2.24, 2.45) is 0 Å². The molecule has 0 spiro atoms. The zero-order valence-corrected chi connectivity index (χ0v) is 8.22. The van der Waals surface area contributed by atoms with Gasteiger partial charge in [0.05, 0.1) is 6.20 Å². The Morgan fingerprint density at radius 2 is 2.06 bits per heavy atom. The fourth-order valence-corrected chi connectivity index (χ4v) is 1.16. The summed E-state index contributed by atoms with van der Waals surface area (Å²) < 4.78 is 17.9. The average molecular weight is 220 g/mol. The van der Waals surface area contributed by atoms with Crippen LogP contribution in [0.15, 0.2) is 36.5 Å². The number of phenols is 1. The Balaban J connectivity index is 2.27. The maximum absolute atomic E-state index is 12.6. The highest BCUT2D eigenvalue weighted by molar-refractivity contribution is 5.62. The number of nitrogens with zero attached hydrogens (tertiary/aromatic N) is 1. The molecule has 0 bridgehead atoms. The minimum atomic E-state index is -0.448. The predicted octanol–water partition coefficient (Wildman–Crippen LogP) is 2.30. The number of nitrogen functional groups attached to an aromatic ring is 1. The summed E-state index contributed by atoms with van der Waals surface area (Å²) in [5.74, 6) is -0.0337. The van der Waals surface area contributed by atoms with E-state index >= 15 is 0 Å². The van der Waals surface area contributed by atoms with Gasteiger partial charge in [0.2, 0.25) is 5.88 Å². The van der Waals surface area contributed by atoms with E-state index in [-0.39, 0.29) is 23.1 Å². The highest BCUT2D eigenvalue weighted by Crippen LogP contribution is 2.32. The fraction of sp³-hybridized carbons (Fsp3) is 0. The van der Waals surface area contributed by atoms with Gasteiger partial charge < -0.3 is 15.6 Å². The molecule has 0 aliphatic rings. The molecule has 1 heterocycles. The number of aromatic hydroxyl groups is 1. The van der Waals surface area contributed by atoms with Crippen LogP contribution in [0, 0.1) is 5.82 Å². The van der Waals surface area contributed by atoms with Crippen molar-refractivity contribution in [2.75, 3.05) is 5.73 Å². The Hall–Kier alpha value is -2.30. The van der Waals surface area contributed by atoms with Crippen LogP contribution in [0.3, 0.4) is 0 Å². The van der Waals surface area contributed by atoms with Gasteiger partial charge in [-0.3, -0.25) is 0 Å². The van der Waals surface area contributed by atoms with Crippen LogP contribution in [0.25, 0.3) is 0 Å². The van der Waals surface area contributed by atoms with Crippen LogP contribution in [-0.2, 0) is 0 Å². The molecule has 0 atom stereocenters. The first-order valence-electron chi connectivity index (χ1n) is 4.53. The number of anilines is 1. The van der Waals surface area contributed by atoms with Crippen molar-refractivity contribution in [3.8, 4) is 17.4 Å². The second-order valence-electron chi connectivity index (χ2n) is 3.11. The van der Waals surface area contributed by atoms with E-state index in [0.717, 1.165) is 6.20 Å². The van der Waals surface area contributed by atoms with Crippen LogP contribution in [0.4, 0.5) is 10.1 Å². The summed E-state index contributed by atoms with van der Waals surface area (Å²) in [5, 5.41) is 9.34. The minimum absolute atomic E-state index is 0.0698. The van der Waals surface area contributed by atoms with Gasteiger partial charge in [0.25, 0.3) is 0 Å². The van der Waals surface area contributed by atoms with Gasteiger partial charge in [-0.1, -0.05) is 6.07 Å². The zero-order valence-electron chi connectivity index (χ0n) is 8.22. The number of ether oxygens (including phenoxy) is 1. The molecule has 3 N–H and O–H groups in total. The minimum Gasteiger partial charge on any atom is -0.506 e. The van der Waals surface area contributed by atoms with Gasteiger partial charge in [0.1, 0.15) is 17.3 Å². The summed E-state index contributed by atoms with van der Waals surface area (Å²) in [6, 6.07) is 7.21. The Labute approximate surface area is 91.1 Å². The van der Waals surface area contributed by atoms with Crippen molar-refractivity contribution in [3.05, 3.63) is 42.3 Å². The summed E-state index contributed by atoms with van der Waals surface area (Å²) in [6.45, 7) is 0. The quantitative estimate of drug-likeness (QED) is 0.601. The second-order valence-corrected chi connectivity index (χ2v) is 3.11. The molecule has 2 aromatic rings. The highest BCUT2D eigenvalue weighted by Gasteiger charge is 2.06. The van der Waals surface area contributed by atoms with Crippen molar-refractivity contribution in [1.29, 1.82) is 0 Å². The van der Waals surface area contributed by atoms with E-state index in [1.165, 1.54) is 18.2 Å². The molecule has 82 valence electrons. The highest BCUT2D eigenvalue weighted by atomic mass is 19.1. The Morgan fingerprint density at radius 1 is 1.25 bits per heavy atom. The molecule has 4 nitrogen and oxygen atoms in total. The number of phenolic OH excluding ortho intramolecular Hbond substituents is 1. The Bertz CT molecular complexity index is 500. The number of aromatic nitrogens is 1. The van der Waals surface area contributed by atoms with Crippen LogP contribution >= 0.6 is 0 Å². The predicted molar refractivity (Wildman–Crippen MR) is 56.8 cm³/mol. The van der Waals surface area contributed by atoms with E-state index in [9.17, 15) is 9.50 Å². The molecule has 0 saturated carbocycles. The maximum atomic E-state index is 12.6. The number of benzene rings is 1. The second kappa shape index (κ2) is 4.06. The lowest BCUT2D eigenvalue weighted by atomic mass is 10.3. The van der Waals surface area contributed by atoms with Crippen LogP contribution < -0.4 is 10.5 Å². The van der Waals surface area contributed by atoms with Gasteiger partial charge in [-0.15, -0.1) is 0 Å². The molecular weight excluding hydrogens is 211 g/mol. The standard InChI is InChI=1S/C11H9FN2O2/c12-7-4-5-10(14-6-7)16-9-3-1-2-8(15)11(9)13/h1-6,15H,13H2. The number of nitrogens with two attached hydrogens (primary N) is 1. The molecule has 0 radical (unpaired) electrons. The van der Waals surface area contributed by atoms with Gasteiger partial charge in [0, 0.05) is 6.07 Å². The first-order chi connectivity index (χ1) is 7.66. The van der Waals surface area contributed by atoms with Gasteiger partial charge in [-0.2, -0.15) is 0 Å². The van der Waals surface area contributed by atoms with Crippen LogP contribution in [0.1, 0.15) is 0 Å². The van der Waals surface area contributed by atoms with Crippen LogP contribution in [0.5, 0.6) is 17.4 Å². The average Bonchev–Trinajstić information content (AvgIpc) is 2.28. The fourth-order valence-electron chi connectivity index (χ4n) is 1.16. The van der Waals surface area contributed by atoms with E-state index in [1.54, 1.807) is 12.1 Å². The lowest BCUT2D eigenvalue weighted by Gasteiger charge is -2.07. The molecule has 0 aliphatic heterocycles. The third kappa shape index (κ3) is 2.03.